The first kappa shape index (κ1) is 30.0. The van der Waals surface area contributed by atoms with Gasteiger partial charge in [0.15, 0.2) is 0 Å². The molecule has 0 fully saturated rings. The monoisotopic (exact) mass is 693 g/mol. The molecule has 0 radical (unpaired) electrons. The van der Waals surface area contributed by atoms with E-state index in [1.807, 2.05) is 17.4 Å². The molecule has 0 aliphatic rings. The number of rotatable bonds is 5. The summed E-state index contributed by atoms with van der Waals surface area (Å²) in [5, 5.41) is 9.69. The number of fused-ring (bicyclic) bond motifs is 9. The minimum absolute atomic E-state index is 0.869. The van der Waals surface area contributed by atoms with Crippen LogP contribution in [0.1, 0.15) is 0 Å². The van der Waals surface area contributed by atoms with E-state index in [-0.39, 0.29) is 0 Å². The van der Waals surface area contributed by atoms with E-state index >= 15 is 0 Å². The predicted molar refractivity (Wildman–Crippen MR) is 227 cm³/mol. The summed E-state index contributed by atoms with van der Waals surface area (Å²) in [6, 6.07) is 68.0. The summed E-state index contributed by atoms with van der Waals surface area (Å²) < 4.78 is 9.14. The number of anilines is 3. The van der Waals surface area contributed by atoms with Gasteiger partial charge in [-0.25, -0.2) is 0 Å². The lowest BCUT2D eigenvalue weighted by Gasteiger charge is -2.31. The van der Waals surface area contributed by atoms with Crippen LogP contribution in [0.4, 0.5) is 17.1 Å². The topological polar surface area (TPSA) is 16.4 Å². The van der Waals surface area contributed by atoms with Gasteiger partial charge >= 0.3 is 0 Å². The lowest BCUT2D eigenvalue weighted by atomic mass is 9.89. The molecule has 2 nitrogen and oxygen atoms in total. The van der Waals surface area contributed by atoms with Crippen LogP contribution in [-0.4, -0.2) is 0 Å². The molecule has 9 aromatic carbocycles. The van der Waals surface area contributed by atoms with Gasteiger partial charge in [0.25, 0.3) is 0 Å². The quantitative estimate of drug-likeness (QED) is 0.167. The molecule has 0 aliphatic heterocycles. The summed E-state index contributed by atoms with van der Waals surface area (Å²) in [6.07, 6.45) is 0. The third-order valence-corrected chi connectivity index (χ3v) is 11.9. The number of furan rings is 1. The van der Waals surface area contributed by atoms with Gasteiger partial charge < -0.3 is 9.32 Å². The largest absolute Gasteiger partial charge is 0.456 e. The molecule has 3 heteroatoms. The van der Waals surface area contributed by atoms with Gasteiger partial charge in [0, 0.05) is 42.2 Å². The van der Waals surface area contributed by atoms with Gasteiger partial charge in [0.1, 0.15) is 11.2 Å². The van der Waals surface area contributed by atoms with Gasteiger partial charge in [0.2, 0.25) is 0 Å². The zero-order chi connectivity index (χ0) is 34.9. The number of hydrogen-bond donors (Lipinski definition) is 0. The smallest absolute Gasteiger partial charge is 0.137 e. The molecule has 0 unspecified atom stereocenters. The van der Waals surface area contributed by atoms with Crippen LogP contribution in [0.3, 0.4) is 0 Å². The third-order valence-electron chi connectivity index (χ3n) is 10.7. The number of benzene rings is 9. The lowest BCUT2D eigenvalue weighted by molar-refractivity contribution is 0.669. The standard InChI is InChI=1S/C50H31NOS/c1-2-14-33(15-3-1)47-39-19-6-4-16-36(39)37-17-5-7-20-40(37)49(47)51(43-24-13-26-45-48(43)42-21-8-10-25-44(42)52-45)34-30-28-32(29-31-34)35-22-12-23-41-38-18-9-11-27-46(38)53-50(35)41/h1-31H. The Kier molecular flexibility index (Phi) is 6.76. The van der Waals surface area contributed by atoms with Crippen LogP contribution in [-0.2, 0) is 0 Å². The summed E-state index contributed by atoms with van der Waals surface area (Å²) in [5.74, 6) is 0. The Balaban J connectivity index is 1.23. The first-order valence-electron chi connectivity index (χ1n) is 18.0. The van der Waals surface area contributed by atoms with Crippen molar-refractivity contribution in [2.24, 2.45) is 0 Å². The first-order chi connectivity index (χ1) is 26.3. The SMILES string of the molecule is c1ccc(-c2c(N(c3ccc(-c4cccc5c4sc4ccccc45)cc3)c3cccc4oc5ccccc5c34)c3ccccc3c3ccccc23)cc1. The first-order valence-corrected chi connectivity index (χ1v) is 18.8. The van der Waals surface area contributed by atoms with Crippen molar-refractivity contribution in [1.82, 2.24) is 0 Å². The molecule has 0 spiro atoms. The Morgan fingerprint density at radius 1 is 0.396 bits per heavy atom. The van der Waals surface area contributed by atoms with Crippen molar-refractivity contribution in [2.45, 2.75) is 0 Å². The fourth-order valence-electron chi connectivity index (χ4n) is 8.35. The van der Waals surface area contributed by atoms with Gasteiger partial charge in [0.05, 0.1) is 16.8 Å². The van der Waals surface area contributed by atoms with Crippen molar-refractivity contribution in [3.63, 3.8) is 0 Å². The minimum Gasteiger partial charge on any atom is -0.456 e. The van der Waals surface area contributed by atoms with Crippen LogP contribution < -0.4 is 4.90 Å². The summed E-state index contributed by atoms with van der Waals surface area (Å²) in [4.78, 5) is 2.48. The second-order valence-corrected chi connectivity index (χ2v) is 14.6. The zero-order valence-corrected chi connectivity index (χ0v) is 29.5. The van der Waals surface area contributed by atoms with E-state index in [0.29, 0.717) is 0 Å². The molecule has 0 N–H and O–H groups in total. The average Bonchev–Trinajstić information content (AvgIpc) is 3.81. The van der Waals surface area contributed by atoms with Crippen LogP contribution in [0.2, 0.25) is 0 Å². The molecule has 0 aliphatic carbocycles. The van der Waals surface area contributed by atoms with E-state index in [2.05, 4.69) is 187 Å². The van der Waals surface area contributed by atoms with Crippen molar-refractivity contribution < 1.29 is 4.42 Å². The molecular formula is C50H31NOS. The zero-order valence-electron chi connectivity index (χ0n) is 28.7. The maximum absolute atomic E-state index is 6.50. The molecule has 0 saturated heterocycles. The molecular weight excluding hydrogens is 663 g/mol. The van der Waals surface area contributed by atoms with Crippen molar-refractivity contribution in [3.8, 4) is 22.3 Å². The van der Waals surface area contributed by atoms with E-state index < -0.39 is 0 Å². The van der Waals surface area contributed by atoms with Crippen LogP contribution in [0.5, 0.6) is 0 Å². The van der Waals surface area contributed by atoms with Crippen molar-refractivity contribution in [1.29, 1.82) is 0 Å². The highest BCUT2D eigenvalue weighted by molar-refractivity contribution is 7.26. The van der Waals surface area contributed by atoms with E-state index in [0.717, 1.165) is 39.0 Å². The van der Waals surface area contributed by atoms with Gasteiger partial charge in [-0.05, 0) is 69.2 Å². The predicted octanol–water partition coefficient (Wildman–Crippen LogP) is 15.1. The van der Waals surface area contributed by atoms with Crippen LogP contribution in [0, 0.1) is 0 Å². The Labute approximate surface area is 310 Å². The van der Waals surface area contributed by atoms with E-state index in [1.165, 1.54) is 64.0 Å². The maximum atomic E-state index is 6.50. The molecule has 0 saturated carbocycles. The molecule has 11 rings (SSSR count). The second-order valence-electron chi connectivity index (χ2n) is 13.6. The van der Waals surface area contributed by atoms with Crippen molar-refractivity contribution in [2.75, 3.05) is 4.90 Å². The van der Waals surface area contributed by atoms with Gasteiger partial charge in [-0.15, -0.1) is 11.3 Å². The summed E-state index contributed by atoms with van der Waals surface area (Å²) in [5.41, 5.74) is 9.87. The molecule has 0 bridgehead atoms. The summed E-state index contributed by atoms with van der Waals surface area (Å²) >= 11 is 1.87. The number of nitrogens with zero attached hydrogens (tertiary/aromatic N) is 1. The van der Waals surface area contributed by atoms with E-state index in [4.69, 9.17) is 4.42 Å². The summed E-state index contributed by atoms with van der Waals surface area (Å²) in [7, 11) is 0. The Morgan fingerprint density at radius 3 is 1.81 bits per heavy atom. The normalized spacial score (nSPS) is 11.8. The van der Waals surface area contributed by atoms with E-state index in [1.54, 1.807) is 0 Å². The Morgan fingerprint density at radius 2 is 1.00 bits per heavy atom. The van der Waals surface area contributed by atoms with Crippen molar-refractivity contribution in [3.05, 3.63) is 188 Å². The fourth-order valence-corrected chi connectivity index (χ4v) is 9.59. The molecule has 2 aromatic heterocycles. The average molecular weight is 694 g/mol. The summed E-state index contributed by atoms with van der Waals surface area (Å²) in [6.45, 7) is 0. The highest BCUT2D eigenvalue weighted by Crippen LogP contribution is 2.52. The minimum atomic E-state index is 0.869. The van der Waals surface area contributed by atoms with Crippen LogP contribution in [0.25, 0.3) is 85.9 Å². The van der Waals surface area contributed by atoms with Crippen LogP contribution >= 0.6 is 11.3 Å². The maximum Gasteiger partial charge on any atom is 0.137 e. The number of thiophene rings is 1. The third kappa shape index (κ3) is 4.64. The molecule has 0 amide bonds. The molecule has 0 atom stereocenters. The van der Waals surface area contributed by atoms with Gasteiger partial charge in [-0.1, -0.05) is 152 Å². The molecule has 53 heavy (non-hydrogen) atoms. The van der Waals surface area contributed by atoms with Gasteiger partial charge in [-0.2, -0.15) is 0 Å². The number of para-hydroxylation sites is 1. The second kappa shape index (κ2) is 11.9. The fraction of sp³-hybridized carbons (Fsp3) is 0. The Hall–Kier alpha value is -6.68. The van der Waals surface area contributed by atoms with Gasteiger partial charge in [-0.3, -0.25) is 0 Å². The highest BCUT2D eigenvalue weighted by Gasteiger charge is 2.26. The molecule has 248 valence electrons. The molecule has 11 aromatic rings. The number of hydrogen-bond acceptors (Lipinski definition) is 3. The van der Waals surface area contributed by atoms with Crippen molar-refractivity contribution >= 4 is 92.1 Å². The van der Waals surface area contributed by atoms with Crippen LogP contribution in [0.15, 0.2) is 192 Å². The highest BCUT2D eigenvalue weighted by atomic mass is 32.1. The van der Waals surface area contributed by atoms with E-state index in [9.17, 15) is 0 Å². The molecule has 2 heterocycles. The lowest BCUT2D eigenvalue weighted by Crippen LogP contribution is -2.12. The Bertz CT molecular complexity index is 3170.